The van der Waals surface area contributed by atoms with Crippen molar-refractivity contribution < 1.29 is 4.79 Å². The number of benzene rings is 2. The van der Waals surface area contributed by atoms with E-state index in [0.29, 0.717) is 12.1 Å². The zero-order valence-electron chi connectivity index (χ0n) is 14.1. The predicted molar refractivity (Wildman–Crippen MR) is 101 cm³/mol. The van der Waals surface area contributed by atoms with Gasteiger partial charge in [-0.3, -0.25) is 9.59 Å². The first-order valence-electron chi connectivity index (χ1n) is 8.25. The fourth-order valence-corrected chi connectivity index (χ4v) is 2.71. The molecule has 0 unspecified atom stereocenters. The van der Waals surface area contributed by atoms with Crippen molar-refractivity contribution in [2.75, 3.05) is 6.54 Å². The smallest absolute Gasteiger partial charge is 0.255 e. The summed E-state index contributed by atoms with van der Waals surface area (Å²) >= 11 is 0. The van der Waals surface area contributed by atoms with Crippen LogP contribution in [-0.4, -0.2) is 17.4 Å². The molecule has 1 heterocycles. The van der Waals surface area contributed by atoms with Crippen LogP contribution >= 0.6 is 0 Å². The number of aromatic nitrogens is 1. The third-order valence-corrected chi connectivity index (χ3v) is 3.99. The summed E-state index contributed by atoms with van der Waals surface area (Å²) < 4.78 is 0. The Hall–Kier alpha value is -3.14. The first-order chi connectivity index (χ1) is 12.1. The molecule has 0 radical (unpaired) electrons. The molecular weight excluding hydrogens is 312 g/mol. The second-order valence-electron chi connectivity index (χ2n) is 6.00. The highest BCUT2D eigenvalue weighted by molar-refractivity contribution is 5.92. The molecule has 0 saturated heterocycles. The molecule has 0 spiro atoms. The van der Waals surface area contributed by atoms with Crippen LogP contribution in [-0.2, 0) is 11.2 Å². The minimum absolute atomic E-state index is 0.206. The SMILES string of the molecule is Cc1cccc(CCNC(=O)/C=C/c2cc3ccccc3[nH]c2=O)c1. The van der Waals surface area contributed by atoms with Crippen LogP contribution in [0, 0.1) is 6.92 Å². The van der Waals surface area contributed by atoms with Crippen LogP contribution in [0.5, 0.6) is 0 Å². The number of amides is 1. The molecule has 4 nitrogen and oxygen atoms in total. The van der Waals surface area contributed by atoms with Crippen LogP contribution in [0.4, 0.5) is 0 Å². The molecule has 4 heteroatoms. The molecular formula is C21H20N2O2. The summed E-state index contributed by atoms with van der Waals surface area (Å²) in [7, 11) is 0. The van der Waals surface area contributed by atoms with Crippen molar-refractivity contribution in [2.24, 2.45) is 0 Å². The van der Waals surface area contributed by atoms with E-state index in [1.54, 1.807) is 12.1 Å². The van der Waals surface area contributed by atoms with Gasteiger partial charge in [-0.2, -0.15) is 0 Å². The lowest BCUT2D eigenvalue weighted by atomic mass is 10.1. The summed E-state index contributed by atoms with van der Waals surface area (Å²) in [5.74, 6) is -0.208. The van der Waals surface area contributed by atoms with Crippen LogP contribution in [0.25, 0.3) is 17.0 Å². The lowest BCUT2D eigenvalue weighted by Crippen LogP contribution is -2.23. The highest BCUT2D eigenvalue weighted by Gasteiger charge is 2.01. The Morgan fingerprint density at radius 2 is 1.96 bits per heavy atom. The van der Waals surface area contributed by atoms with E-state index in [1.807, 2.05) is 49.4 Å². The molecule has 0 saturated carbocycles. The molecule has 2 N–H and O–H groups in total. The number of H-pyrrole nitrogens is 1. The molecule has 25 heavy (non-hydrogen) atoms. The molecule has 3 rings (SSSR count). The summed E-state index contributed by atoms with van der Waals surface area (Å²) in [4.78, 5) is 26.8. The number of fused-ring (bicyclic) bond motifs is 1. The number of aryl methyl sites for hydroxylation is 1. The Balaban J connectivity index is 1.61. The summed E-state index contributed by atoms with van der Waals surface area (Å²) in [5, 5.41) is 3.77. The highest BCUT2D eigenvalue weighted by atomic mass is 16.1. The Morgan fingerprint density at radius 3 is 2.80 bits per heavy atom. The van der Waals surface area contributed by atoms with Gasteiger partial charge in [0.2, 0.25) is 5.91 Å². The normalized spacial score (nSPS) is 11.1. The molecule has 3 aromatic rings. The third kappa shape index (κ3) is 4.44. The highest BCUT2D eigenvalue weighted by Crippen LogP contribution is 2.10. The Kier molecular flexibility index (Phi) is 5.09. The minimum Gasteiger partial charge on any atom is -0.352 e. The fourth-order valence-electron chi connectivity index (χ4n) is 2.71. The molecule has 0 aliphatic rings. The van der Waals surface area contributed by atoms with Gasteiger partial charge in [-0.25, -0.2) is 0 Å². The maximum atomic E-state index is 12.0. The molecule has 0 atom stereocenters. The second-order valence-corrected chi connectivity index (χ2v) is 6.00. The van der Waals surface area contributed by atoms with Crippen LogP contribution in [0.2, 0.25) is 0 Å². The summed E-state index contributed by atoms with van der Waals surface area (Å²) in [6.45, 7) is 2.60. The molecule has 0 fully saturated rings. The van der Waals surface area contributed by atoms with E-state index >= 15 is 0 Å². The van der Waals surface area contributed by atoms with E-state index in [0.717, 1.165) is 17.3 Å². The van der Waals surface area contributed by atoms with Gasteiger partial charge in [0.1, 0.15) is 0 Å². The predicted octanol–water partition coefficient (Wildman–Crippen LogP) is 3.21. The van der Waals surface area contributed by atoms with E-state index in [9.17, 15) is 9.59 Å². The largest absolute Gasteiger partial charge is 0.352 e. The lowest BCUT2D eigenvalue weighted by molar-refractivity contribution is -0.116. The van der Waals surface area contributed by atoms with Crippen LogP contribution in [0.15, 0.2) is 65.5 Å². The summed E-state index contributed by atoms with van der Waals surface area (Å²) in [6.07, 6.45) is 3.72. The van der Waals surface area contributed by atoms with E-state index in [2.05, 4.69) is 16.4 Å². The second kappa shape index (κ2) is 7.62. The van der Waals surface area contributed by atoms with Crippen molar-refractivity contribution in [3.05, 3.63) is 87.7 Å². The number of hydrogen-bond acceptors (Lipinski definition) is 2. The quantitative estimate of drug-likeness (QED) is 0.705. The van der Waals surface area contributed by atoms with Gasteiger partial charge >= 0.3 is 0 Å². The Labute approximate surface area is 146 Å². The van der Waals surface area contributed by atoms with Gasteiger partial charge in [-0.15, -0.1) is 0 Å². The van der Waals surface area contributed by atoms with E-state index in [1.165, 1.54) is 17.2 Å². The molecule has 2 aromatic carbocycles. The van der Waals surface area contributed by atoms with Gasteiger partial charge in [0.15, 0.2) is 0 Å². The molecule has 0 bridgehead atoms. The van der Waals surface area contributed by atoms with Gasteiger partial charge in [0.25, 0.3) is 5.56 Å². The number of para-hydroxylation sites is 1. The number of carbonyl (C=O) groups excluding carboxylic acids is 1. The Bertz CT molecular complexity index is 986. The maximum Gasteiger partial charge on any atom is 0.255 e. The zero-order chi connectivity index (χ0) is 17.6. The van der Waals surface area contributed by atoms with Crippen molar-refractivity contribution >= 4 is 22.9 Å². The average Bonchev–Trinajstić information content (AvgIpc) is 2.60. The number of carbonyl (C=O) groups is 1. The molecule has 0 aliphatic carbocycles. The van der Waals surface area contributed by atoms with Crippen LogP contribution in [0.3, 0.4) is 0 Å². The molecule has 126 valence electrons. The van der Waals surface area contributed by atoms with Crippen LogP contribution < -0.4 is 10.9 Å². The fraction of sp³-hybridized carbons (Fsp3) is 0.143. The van der Waals surface area contributed by atoms with Gasteiger partial charge in [-0.05, 0) is 42.5 Å². The first-order valence-corrected chi connectivity index (χ1v) is 8.25. The van der Waals surface area contributed by atoms with Gasteiger partial charge in [0.05, 0.1) is 0 Å². The first kappa shape index (κ1) is 16.7. The van der Waals surface area contributed by atoms with Crippen molar-refractivity contribution in [1.82, 2.24) is 10.3 Å². The standard InChI is InChI=1S/C21H20N2O2/c1-15-5-4-6-16(13-15)11-12-22-20(24)10-9-18-14-17-7-2-3-8-19(17)23-21(18)25/h2-10,13-14H,11-12H2,1H3,(H,22,24)(H,23,25)/b10-9+. The zero-order valence-corrected chi connectivity index (χ0v) is 14.1. The number of pyridine rings is 1. The monoisotopic (exact) mass is 332 g/mol. The molecule has 1 aromatic heterocycles. The Morgan fingerprint density at radius 1 is 1.12 bits per heavy atom. The lowest BCUT2D eigenvalue weighted by Gasteiger charge is -2.04. The topological polar surface area (TPSA) is 62.0 Å². The minimum atomic E-state index is -0.208. The number of nitrogens with one attached hydrogen (secondary N) is 2. The van der Waals surface area contributed by atoms with Crippen molar-refractivity contribution in [3.8, 4) is 0 Å². The summed E-state index contributed by atoms with van der Waals surface area (Å²) in [6, 6.07) is 17.5. The van der Waals surface area contributed by atoms with E-state index in [-0.39, 0.29) is 11.5 Å². The molecule has 1 amide bonds. The molecule has 0 aliphatic heterocycles. The maximum absolute atomic E-state index is 12.0. The third-order valence-electron chi connectivity index (χ3n) is 3.99. The van der Waals surface area contributed by atoms with Gasteiger partial charge in [-0.1, -0.05) is 48.0 Å². The summed E-state index contributed by atoms with van der Waals surface area (Å²) in [5.41, 5.74) is 3.44. The van der Waals surface area contributed by atoms with Crippen molar-refractivity contribution in [2.45, 2.75) is 13.3 Å². The number of hydrogen-bond donors (Lipinski definition) is 2. The number of aromatic amines is 1. The van der Waals surface area contributed by atoms with Crippen molar-refractivity contribution in [3.63, 3.8) is 0 Å². The number of rotatable bonds is 5. The van der Waals surface area contributed by atoms with Gasteiger partial charge in [0, 0.05) is 23.7 Å². The van der Waals surface area contributed by atoms with Gasteiger partial charge < -0.3 is 10.3 Å². The van der Waals surface area contributed by atoms with Crippen molar-refractivity contribution in [1.29, 1.82) is 0 Å². The average molecular weight is 332 g/mol. The van der Waals surface area contributed by atoms with E-state index in [4.69, 9.17) is 0 Å². The van der Waals surface area contributed by atoms with E-state index < -0.39 is 0 Å². The van der Waals surface area contributed by atoms with Crippen LogP contribution in [0.1, 0.15) is 16.7 Å².